The summed E-state index contributed by atoms with van der Waals surface area (Å²) in [6.45, 7) is 3.54. The minimum Gasteiger partial charge on any atom is -0.388 e. The van der Waals surface area contributed by atoms with Crippen LogP contribution in [-0.2, 0) is 9.47 Å². The van der Waals surface area contributed by atoms with Gasteiger partial charge >= 0.3 is 0 Å². The van der Waals surface area contributed by atoms with Gasteiger partial charge in [0.25, 0.3) is 0 Å². The molecule has 1 heterocycles. The Balaban J connectivity index is 2.16. The summed E-state index contributed by atoms with van der Waals surface area (Å²) in [6, 6.07) is -0.109. The van der Waals surface area contributed by atoms with Gasteiger partial charge in [0.05, 0.1) is 12.1 Å². The fourth-order valence-electron chi connectivity index (χ4n) is 2.27. The molecule has 1 aliphatic heterocycles. The Bertz CT molecular complexity index is 206. The van der Waals surface area contributed by atoms with Gasteiger partial charge in [-0.25, -0.2) is 0 Å². The molecule has 0 aromatic rings. The first-order valence-corrected chi connectivity index (χ1v) is 6.85. The molecule has 1 saturated heterocycles. The summed E-state index contributed by atoms with van der Waals surface area (Å²) in [5.74, 6) is 0. The Morgan fingerprint density at radius 2 is 2.00 bits per heavy atom. The monoisotopic (exact) mass is 243 g/mol. The fourth-order valence-corrected chi connectivity index (χ4v) is 2.27. The van der Waals surface area contributed by atoms with E-state index in [0.717, 1.165) is 38.6 Å². The van der Waals surface area contributed by atoms with Gasteiger partial charge in [-0.1, -0.05) is 19.8 Å². The summed E-state index contributed by atoms with van der Waals surface area (Å²) in [7, 11) is 1.90. The first-order valence-electron chi connectivity index (χ1n) is 6.85. The summed E-state index contributed by atoms with van der Waals surface area (Å²) in [6.07, 6.45) is 4.74. The summed E-state index contributed by atoms with van der Waals surface area (Å²) in [4.78, 5) is 0. The van der Waals surface area contributed by atoms with Crippen LogP contribution in [0.25, 0.3) is 0 Å². The third-order valence-corrected chi connectivity index (χ3v) is 3.38. The molecule has 100 valence electrons. The maximum absolute atomic E-state index is 9.93. The topological polar surface area (TPSA) is 64.7 Å². The van der Waals surface area contributed by atoms with Gasteiger partial charge in [0, 0.05) is 6.61 Å². The molecule has 4 nitrogen and oxygen atoms in total. The number of ether oxygens (including phenoxy) is 2. The Morgan fingerprint density at radius 3 is 2.65 bits per heavy atom. The molecule has 1 aliphatic rings. The van der Waals surface area contributed by atoms with Crippen molar-refractivity contribution < 1.29 is 14.6 Å². The van der Waals surface area contributed by atoms with Crippen molar-refractivity contribution in [1.82, 2.24) is 0 Å². The lowest BCUT2D eigenvalue weighted by Crippen LogP contribution is -2.35. The van der Waals surface area contributed by atoms with Gasteiger partial charge < -0.3 is 20.3 Å². The van der Waals surface area contributed by atoms with Crippen molar-refractivity contribution in [1.29, 1.82) is 0 Å². The van der Waals surface area contributed by atoms with Gasteiger partial charge in [-0.2, -0.15) is 0 Å². The van der Waals surface area contributed by atoms with E-state index in [4.69, 9.17) is 15.2 Å². The van der Waals surface area contributed by atoms with E-state index in [2.05, 4.69) is 6.92 Å². The Morgan fingerprint density at radius 1 is 1.29 bits per heavy atom. The standard InChI is InChI=1S/C12H26BNO3/c1-2-9-11(10(15)12(13)17-9)16-8-6-4-3-5-7-14/h9-12,15H,2-8,13-14H2,1H3/t9-,10?,11+,12-/m1/s1. The van der Waals surface area contributed by atoms with Crippen LogP contribution in [-0.4, -0.2) is 50.4 Å². The van der Waals surface area contributed by atoms with Crippen LogP contribution >= 0.6 is 0 Å². The van der Waals surface area contributed by atoms with E-state index < -0.39 is 6.10 Å². The Labute approximate surface area is 105 Å². The first kappa shape index (κ1) is 15.0. The average molecular weight is 243 g/mol. The quantitative estimate of drug-likeness (QED) is 0.466. The summed E-state index contributed by atoms with van der Waals surface area (Å²) in [5.41, 5.74) is 5.43. The van der Waals surface area contributed by atoms with Crippen molar-refractivity contribution in [2.45, 2.75) is 63.3 Å². The molecule has 0 saturated carbocycles. The fraction of sp³-hybridized carbons (Fsp3) is 1.00. The van der Waals surface area contributed by atoms with E-state index in [0.29, 0.717) is 6.61 Å². The molecule has 0 radical (unpaired) electrons. The van der Waals surface area contributed by atoms with Gasteiger partial charge in [0.2, 0.25) is 0 Å². The van der Waals surface area contributed by atoms with Crippen LogP contribution in [0.3, 0.4) is 0 Å². The van der Waals surface area contributed by atoms with Crippen LogP contribution < -0.4 is 5.73 Å². The predicted molar refractivity (Wildman–Crippen MR) is 70.8 cm³/mol. The van der Waals surface area contributed by atoms with E-state index in [9.17, 15) is 5.11 Å². The van der Waals surface area contributed by atoms with Crippen LogP contribution in [0.2, 0.25) is 0 Å². The largest absolute Gasteiger partial charge is 0.388 e. The minimum atomic E-state index is -0.482. The lowest BCUT2D eigenvalue weighted by molar-refractivity contribution is -0.0393. The molecule has 1 rings (SSSR count). The summed E-state index contributed by atoms with van der Waals surface area (Å²) >= 11 is 0. The van der Waals surface area contributed by atoms with Gasteiger partial charge in [-0.15, -0.1) is 0 Å². The van der Waals surface area contributed by atoms with E-state index in [1.165, 1.54) is 0 Å². The molecule has 0 spiro atoms. The van der Waals surface area contributed by atoms with Gasteiger partial charge in [0.1, 0.15) is 20.1 Å². The highest BCUT2D eigenvalue weighted by molar-refractivity contribution is 6.11. The average Bonchev–Trinajstić information content (AvgIpc) is 2.60. The molecule has 0 bridgehead atoms. The highest BCUT2D eigenvalue weighted by atomic mass is 16.6. The molecule has 17 heavy (non-hydrogen) atoms. The number of aliphatic hydroxyl groups excluding tert-OH is 1. The normalized spacial score (nSPS) is 33.1. The SMILES string of the molecule is B[C@@H]1O[C@H](CC)[C@H](OCCCCCCN)C1O. The minimum absolute atomic E-state index is 0.0454. The van der Waals surface area contributed by atoms with Crippen LogP contribution in [0.5, 0.6) is 0 Å². The first-order chi connectivity index (χ1) is 8.20. The third-order valence-electron chi connectivity index (χ3n) is 3.38. The number of unbranched alkanes of at least 4 members (excludes halogenated alkanes) is 3. The van der Waals surface area contributed by atoms with E-state index in [1.807, 2.05) is 7.85 Å². The van der Waals surface area contributed by atoms with Crippen molar-refractivity contribution >= 4 is 7.85 Å². The molecule has 0 aromatic carbocycles. The highest BCUT2D eigenvalue weighted by Gasteiger charge is 2.40. The molecular weight excluding hydrogens is 217 g/mol. The molecule has 3 N–H and O–H groups in total. The lowest BCUT2D eigenvalue weighted by Gasteiger charge is -2.20. The lowest BCUT2D eigenvalue weighted by atomic mass is 9.93. The Kier molecular flexibility index (Phi) is 7.12. The number of hydrogen-bond acceptors (Lipinski definition) is 4. The van der Waals surface area contributed by atoms with Crippen LogP contribution in [0.4, 0.5) is 0 Å². The third kappa shape index (κ3) is 4.58. The second-order valence-electron chi connectivity index (χ2n) is 4.82. The zero-order chi connectivity index (χ0) is 12.7. The zero-order valence-corrected chi connectivity index (χ0v) is 11.1. The van der Waals surface area contributed by atoms with Gasteiger partial charge in [-0.05, 0) is 25.8 Å². The Hall–Kier alpha value is -0.0951. The molecular formula is C12H26BNO3. The molecule has 0 aromatic heterocycles. The van der Waals surface area contributed by atoms with E-state index in [1.54, 1.807) is 0 Å². The second kappa shape index (κ2) is 8.09. The van der Waals surface area contributed by atoms with Crippen molar-refractivity contribution in [3.05, 3.63) is 0 Å². The predicted octanol–water partition coefficient (Wildman–Crippen LogP) is 0.0196. The van der Waals surface area contributed by atoms with Crippen LogP contribution in [0, 0.1) is 0 Å². The maximum atomic E-state index is 9.93. The van der Waals surface area contributed by atoms with E-state index in [-0.39, 0.29) is 18.2 Å². The number of nitrogens with two attached hydrogens (primary N) is 1. The van der Waals surface area contributed by atoms with Gasteiger partial charge in [-0.3, -0.25) is 0 Å². The summed E-state index contributed by atoms with van der Waals surface area (Å²) < 4.78 is 11.4. The number of hydrogen-bond donors (Lipinski definition) is 2. The summed E-state index contributed by atoms with van der Waals surface area (Å²) in [5, 5.41) is 9.93. The van der Waals surface area contributed by atoms with Crippen molar-refractivity contribution in [3.63, 3.8) is 0 Å². The second-order valence-corrected chi connectivity index (χ2v) is 4.82. The maximum Gasteiger partial charge on any atom is 0.142 e. The van der Waals surface area contributed by atoms with Crippen molar-refractivity contribution in [3.8, 4) is 0 Å². The van der Waals surface area contributed by atoms with E-state index >= 15 is 0 Å². The van der Waals surface area contributed by atoms with Crippen molar-refractivity contribution in [2.75, 3.05) is 13.2 Å². The highest BCUT2D eigenvalue weighted by Crippen LogP contribution is 2.24. The van der Waals surface area contributed by atoms with Crippen molar-refractivity contribution in [2.24, 2.45) is 5.73 Å². The van der Waals surface area contributed by atoms with Crippen LogP contribution in [0.1, 0.15) is 39.0 Å². The molecule has 5 heteroatoms. The van der Waals surface area contributed by atoms with Gasteiger partial charge in [0.15, 0.2) is 0 Å². The molecule has 1 unspecified atom stereocenters. The zero-order valence-electron chi connectivity index (χ0n) is 11.1. The molecule has 1 fully saturated rings. The molecule has 0 amide bonds. The smallest absolute Gasteiger partial charge is 0.142 e. The number of rotatable bonds is 8. The number of aliphatic hydroxyl groups is 1. The van der Waals surface area contributed by atoms with Crippen LogP contribution in [0.15, 0.2) is 0 Å². The molecule has 4 atom stereocenters. The molecule has 0 aliphatic carbocycles.